The van der Waals surface area contributed by atoms with Crippen molar-refractivity contribution >= 4 is 56.0 Å². The van der Waals surface area contributed by atoms with E-state index >= 15 is 0 Å². The summed E-state index contributed by atoms with van der Waals surface area (Å²) >= 11 is 2.75. The van der Waals surface area contributed by atoms with Crippen LogP contribution in [0.1, 0.15) is 16.1 Å². The van der Waals surface area contributed by atoms with E-state index in [1.807, 2.05) is 42.9 Å². The van der Waals surface area contributed by atoms with E-state index in [1.54, 1.807) is 23.0 Å². The second kappa shape index (κ2) is 7.43. The molecular weight excluding hydrogens is 420 g/mol. The molecule has 9 nitrogen and oxygen atoms in total. The summed E-state index contributed by atoms with van der Waals surface area (Å²) in [6.07, 6.45) is 1.79. The van der Waals surface area contributed by atoms with Gasteiger partial charge < -0.3 is 15.2 Å². The lowest BCUT2D eigenvalue weighted by molar-refractivity contribution is 0.0946. The fraction of sp³-hybridized carbons (Fsp3) is 0.158. The minimum Gasteiger partial charge on any atom is -0.371 e. The second-order valence-electron chi connectivity index (χ2n) is 6.60. The van der Waals surface area contributed by atoms with E-state index in [9.17, 15) is 4.79 Å². The van der Waals surface area contributed by atoms with Gasteiger partial charge in [-0.1, -0.05) is 28.8 Å². The van der Waals surface area contributed by atoms with E-state index in [2.05, 4.69) is 30.2 Å². The van der Waals surface area contributed by atoms with Crippen LogP contribution in [0.15, 0.2) is 36.0 Å². The number of pyridine rings is 1. The first-order chi connectivity index (χ1) is 14.6. The van der Waals surface area contributed by atoms with E-state index in [0.29, 0.717) is 17.9 Å². The van der Waals surface area contributed by atoms with Crippen molar-refractivity contribution in [2.24, 2.45) is 7.05 Å². The molecule has 0 aliphatic rings. The van der Waals surface area contributed by atoms with Gasteiger partial charge in [-0.3, -0.25) is 4.79 Å². The summed E-state index contributed by atoms with van der Waals surface area (Å²) in [5.74, 6) is 0.488. The number of aryl methyl sites for hydroxylation is 1. The highest BCUT2D eigenvalue weighted by Crippen LogP contribution is 2.35. The van der Waals surface area contributed by atoms with Crippen LogP contribution in [0.2, 0.25) is 0 Å². The highest BCUT2D eigenvalue weighted by atomic mass is 32.1. The molecule has 0 aliphatic heterocycles. The van der Waals surface area contributed by atoms with Crippen molar-refractivity contribution in [3.63, 3.8) is 0 Å². The van der Waals surface area contributed by atoms with Gasteiger partial charge in [0, 0.05) is 31.6 Å². The molecule has 5 rings (SSSR count). The van der Waals surface area contributed by atoms with Crippen LogP contribution in [0, 0.1) is 0 Å². The van der Waals surface area contributed by atoms with Gasteiger partial charge in [-0.15, -0.1) is 16.4 Å². The number of carbonyl (C=O) groups is 1. The zero-order valence-electron chi connectivity index (χ0n) is 16.1. The van der Waals surface area contributed by atoms with Crippen LogP contribution in [0.5, 0.6) is 0 Å². The molecule has 0 saturated heterocycles. The summed E-state index contributed by atoms with van der Waals surface area (Å²) < 4.78 is 6.70. The number of amides is 1. The predicted molar refractivity (Wildman–Crippen MR) is 118 cm³/mol. The SMILES string of the molecule is CNc1nc2nc(-c3ccc(CNC(=O)c4csnn4)cc3)sc2c2c1ncn2C. The number of aromatic nitrogens is 6. The normalized spacial score (nSPS) is 11.3. The van der Waals surface area contributed by atoms with Gasteiger partial charge in [-0.05, 0) is 17.1 Å². The molecule has 0 bridgehead atoms. The number of hydrogen-bond donors (Lipinski definition) is 2. The van der Waals surface area contributed by atoms with E-state index in [1.165, 1.54) is 0 Å². The molecule has 0 aliphatic carbocycles. The Balaban J connectivity index is 1.42. The Hall–Kier alpha value is -3.44. The molecule has 1 aromatic carbocycles. The van der Waals surface area contributed by atoms with Crippen LogP contribution in [-0.2, 0) is 13.6 Å². The molecule has 0 spiro atoms. The summed E-state index contributed by atoms with van der Waals surface area (Å²) in [5.41, 5.74) is 4.87. The molecule has 11 heteroatoms. The fourth-order valence-corrected chi connectivity index (χ4v) is 4.71. The first-order valence-corrected chi connectivity index (χ1v) is 10.7. The van der Waals surface area contributed by atoms with Crippen molar-refractivity contribution in [1.29, 1.82) is 0 Å². The third-order valence-electron chi connectivity index (χ3n) is 4.69. The molecule has 0 saturated carbocycles. The first-order valence-electron chi connectivity index (χ1n) is 9.08. The van der Waals surface area contributed by atoms with Gasteiger partial charge in [0.05, 0.1) is 11.8 Å². The smallest absolute Gasteiger partial charge is 0.273 e. The Morgan fingerprint density at radius 1 is 1.20 bits per heavy atom. The number of carbonyl (C=O) groups excluding carboxylic acids is 1. The average Bonchev–Trinajstić information content (AvgIpc) is 3.51. The Morgan fingerprint density at radius 3 is 2.77 bits per heavy atom. The molecule has 0 radical (unpaired) electrons. The quantitative estimate of drug-likeness (QED) is 0.436. The number of nitrogens with zero attached hydrogens (tertiary/aromatic N) is 6. The molecule has 30 heavy (non-hydrogen) atoms. The van der Waals surface area contributed by atoms with Crippen LogP contribution in [0.4, 0.5) is 5.82 Å². The van der Waals surface area contributed by atoms with Gasteiger partial charge in [0.15, 0.2) is 17.2 Å². The Labute approximate surface area is 179 Å². The van der Waals surface area contributed by atoms with Crippen LogP contribution >= 0.6 is 22.9 Å². The third kappa shape index (κ3) is 3.17. The number of imidazole rings is 1. The van der Waals surface area contributed by atoms with E-state index < -0.39 is 0 Å². The van der Waals surface area contributed by atoms with Gasteiger partial charge in [-0.25, -0.2) is 15.0 Å². The Morgan fingerprint density at radius 2 is 2.03 bits per heavy atom. The van der Waals surface area contributed by atoms with E-state index in [4.69, 9.17) is 4.98 Å². The third-order valence-corrected chi connectivity index (χ3v) is 6.29. The highest BCUT2D eigenvalue weighted by Gasteiger charge is 2.17. The number of benzene rings is 1. The van der Waals surface area contributed by atoms with Crippen LogP contribution in [-0.4, -0.2) is 42.1 Å². The lowest BCUT2D eigenvalue weighted by Crippen LogP contribution is -2.23. The van der Waals surface area contributed by atoms with Gasteiger partial charge >= 0.3 is 0 Å². The van der Waals surface area contributed by atoms with E-state index in [0.717, 1.165) is 49.2 Å². The van der Waals surface area contributed by atoms with Gasteiger partial charge in [0.25, 0.3) is 5.91 Å². The van der Waals surface area contributed by atoms with Crippen molar-refractivity contribution in [3.8, 4) is 10.6 Å². The van der Waals surface area contributed by atoms with Crippen LogP contribution in [0.3, 0.4) is 0 Å². The Kier molecular flexibility index (Phi) is 4.60. The zero-order valence-corrected chi connectivity index (χ0v) is 17.7. The zero-order chi connectivity index (χ0) is 20.7. The minimum atomic E-state index is -0.231. The number of anilines is 1. The summed E-state index contributed by atoms with van der Waals surface area (Å²) in [6.45, 7) is 0.416. The fourth-order valence-electron chi connectivity index (χ4n) is 3.17. The summed E-state index contributed by atoms with van der Waals surface area (Å²) in [6, 6.07) is 7.96. The summed E-state index contributed by atoms with van der Waals surface area (Å²) in [4.78, 5) is 25.8. The maximum atomic E-state index is 12.0. The summed E-state index contributed by atoms with van der Waals surface area (Å²) in [7, 11) is 3.80. The van der Waals surface area contributed by atoms with Crippen LogP contribution in [0.25, 0.3) is 32.0 Å². The van der Waals surface area contributed by atoms with Crippen molar-refractivity contribution < 1.29 is 4.79 Å². The number of hydrogen-bond acceptors (Lipinski definition) is 9. The average molecular weight is 437 g/mol. The molecule has 1 amide bonds. The largest absolute Gasteiger partial charge is 0.371 e. The first kappa shape index (κ1) is 18.6. The number of rotatable bonds is 5. The molecule has 2 N–H and O–H groups in total. The molecule has 4 aromatic heterocycles. The lowest BCUT2D eigenvalue weighted by Gasteiger charge is -2.04. The molecule has 0 atom stereocenters. The van der Waals surface area contributed by atoms with E-state index in [-0.39, 0.29) is 5.91 Å². The number of nitrogens with one attached hydrogen (secondary N) is 2. The molecule has 5 aromatic rings. The maximum Gasteiger partial charge on any atom is 0.273 e. The second-order valence-corrected chi connectivity index (χ2v) is 8.21. The topological polar surface area (TPSA) is 111 Å². The van der Waals surface area contributed by atoms with Gasteiger partial charge in [0.1, 0.15) is 15.2 Å². The standard InChI is InChI=1S/C19H16N8OS2/c1-20-16-13-14(27(2)9-22-13)15-17(23-16)24-19(30-15)11-5-3-10(4-6-11)7-21-18(28)12-8-29-26-25-12/h3-6,8-9H,7H2,1-2H3,(H,20,23)(H,21,28). The predicted octanol–water partition coefficient (Wildman–Crippen LogP) is 3.07. The number of fused-ring (bicyclic) bond motifs is 3. The summed E-state index contributed by atoms with van der Waals surface area (Å²) in [5, 5.41) is 12.2. The van der Waals surface area contributed by atoms with Crippen LogP contribution < -0.4 is 10.6 Å². The maximum absolute atomic E-state index is 12.0. The molecule has 4 heterocycles. The molecule has 0 unspecified atom stereocenters. The van der Waals surface area contributed by atoms with Gasteiger partial charge in [0.2, 0.25) is 0 Å². The molecule has 150 valence electrons. The number of thiazole rings is 1. The van der Waals surface area contributed by atoms with Gasteiger partial charge in [-0.2, -0.15) is 0 Å². The van der Waals surface area contributed by atoms with Crippen molar-refractivity contribution in [2.45, 2.75) is 6.54 Å². The minimum absolute atomic E-state index is 0.231. The van der Waals surface area contributed by atoms with Crippen molar-refractivity contribution in [2.75, 3.05) is 12.4 Å². The molecule has 0 fully saturated rings. The monoisotopic (exact) mass is 436 g/mol. The van der Waals surface area contributed by atoms with Crippen molar-refractivity contribution in [3.05, 3.63) is 47.2 Å². The molecular formula is C19H16N8OS2. The Bertz CT molecular complexity index is 1360. The lowest BCUT2D eigenvalue weighted by atomic mass is 10.1. The van der Waals surface area contributed by atoms with Crippen molar-refractivity contribution in [1.82, 2.24) is 34.4 Å². The highest BCUT2D eigenvalue weighted by molar-refractivity contribution is 7.22.